The smallest absolute Gasteiger partial charge is 0.246 e. The highest BCUT2D eigenvalue weighted by Crippen LogP contribution is 2.16. The van der Waals surface area contributed by atoms with Gasteiger partial charge in [-0.05, 0) is 24.0 Å². The predicted molar refractivity (Wildman–Crippen MR) is 81.9 cm³/mol. The van der Waals surface area contributed by atoms with E-state index in [0.717, 1.165) is 12.8 Å². The van der Waals surface area contributed by atoms with Crippen LogP contribution in [0.1, 0.15) is 18.1 Å². The zero-order valence-corrected chi connectivity index (χ0v) is 12.5. The number of carbonyl (C=O) groups is 2. The first-order chi connectivity index (χ1) is 9.61. The van der Waals surface area contributed by atoms with Crippen molar-refractivity contribution in [3.05, 3.63) is 35.4 Å². The number of fused-ring (bicyclic) bond motifs is 1. The van der Waals surface area contributed by atoms with Crippen molar-refractivity contribution in [2.45, 2.75) is 25.8 Å². The van der Waals surface area contributed by atoms with Gasteiger partial charge in [-0.25, -0.2) is 0 Å². The van der Waals surface area contributed by atoms with Gasteiger partial charge in [-0.3, -0.25) is 9.59 Å². The lowest BCUT2D eigenvalue weighted by atomic mass is 10.0. The van der Waals surface area contributed by atoms with E-state index in [9.17, 15) is 9.59 Å². The second-order valence-corrected chi connectivity index (χ2v) is 5.39. The molecular weight excluding hydrogens is 272 g/mol. The molecule has 1 N–H and O–H groups in total. The van der Waals surface area contributed by atoms with Gasteiger partial charge < -0.3 is 10.2 Å². The summed E-state index contributed by atoms with van der Waals surface area (Å²) in [5.74, 6) is 0.0838. The van der Waals surface area contributed by atoms with E-state index in [1.165, 1.54) is 18.1 Å². The fourth-order valence-corrected chi connectivity index (χ4v) is 2.79. The summed E-state index contributed by atoms with van der Waals surface area (Å²) in [6.07, 6.45) is 1.72. The van der Waals surface area contributed by atoms with Crippen molar-refractivity contribution < 1.29 is 9.59 Å². The Bertz CT molecular complexity index is 477. The van der Waals surface area contributed by atoms with Crippen molar-refractivity contribution in [3.8, 4) is 0 Å². The van der Waals surface area contributed by atoms with E-state index in [1.54, 1.807) is 0 Å². The van der Waals surface area contributed by atoms with Crippen molar-refractivity contribution in [1.29, 1.82) is 0 Å². The van der Waals surface area contributed by atoms with Crippen molar-refractivity contribution in [3.63, 3.8) is 0 Å². The lowest BCUT2D eigenvalue weighted by Crippen LogP contribution is -2.49. The van der Waals surface area contributed by atoms with Crippen LogP contribution in [0.5, 0.6) is 0 Å². The number of carbonyl (C=O) groups excluding carboxylic acids is 2. The molecule has 0 radical (unpaired) electrons. The fourth-order valence-electron chi connectivity index (χ4n) is 2.54. The Kier molecular flexibility index (Phi) is 5.06. The van der Waals surface area contributed by atoms with Gasteiger partial charge in [-0.2, -0.15) is 12.6 Å². The van der Waals surface area contributed by atoms with Gasteiger partial charge in [0.15, 0.2) is 0 Å². The molecule has 2 amide bonds. The molecule has 5 heteroatoms. The molecule has 0 aliphatic carbocycles. The summed E-state index contributed by atoms with van der Waals surface area (Å²) in [5.41, 5.74) is 2.62. The molecule has 4 nitrogen and oxygen atoms in total. The number of rotatable bonds is 3. The molecule has 20 heavy (non-hydrogen) atoms. The van der Waals surface area contributed by atoms with Crippen LogP contribution in [0.4, 0.5) is 0 Å². The summed E-state index contributed by atoms with van der Waals surface area (Å²) < 4.78 is 0. The van der Waals surface area contributed by atoms with Crippen LogP contribution in [-0.2, 0) is 22.4 Å². The van der Waals surface area contributed by atoms with Crippen LogP contribution in [0.15, 0.2) is 24.3 Å². The molecule has 1 aromatic carbocycles. The Morgan fingerprint density at radius 3 is 2.25 bits per heavy atom. The molecule has 0 saturated heterocycles. The zero-order chi connectivity index (χ0) is 14.5. The van der Waals surface area contributed by atoms with Gasteiger partial charge in [0.1, 0.15) is 6.04 Å². The summed E-state index contributed by atoms with van der Waals surface area (Å²) in [6.45, 7) is 2.81. The van der Waals surface area contributed by atoms with Crippen LogP contribution >= 0.6 is 12.6 Å². The van der Waals surface area contributed by atoms with Gasteiger partial charge in [-0.15, -0.1) is 0 Å². The third kappa shape index (κ3) is 3.54. The molecule has 1 aliphatic heterocycles. The molecule has 0 aromatic heterocycles. The lowest BCUT2D eigenvalue weighted by Gasteiger charge is -2.25. The van der Waals surface area contributed by atoms with Crippen LogP contribution in [-0.4, -0.2) is 41.6 Å². The SMILES string of the molecule is CC(=O)NC(CS)C(=O)N1CCc2ccccc2CC1. The van der Waals surface area contributed by atoms with E-state index in [0.29, 0.717) is 18.8 Å². The molecule has 0 saturated carbocycles. The van der Waals surface area contributed by atoms with E-state index in [2.05, 4.69) is 30.1 Å². The first-order valence-electron chi connectivity index (χ1n) is 6.85. The standard InChI is InChI=1S/C15H20N2O2S/c1-11(18)16-14(10-20)15(19)17-8-6-12-4-2-3-5-13(12)7-9-17/h2-5,14,20H,6-10H2,1H3,(H,16,18). The van der Waals surface area contributed by atoms with Gasteiger partial charge in [-0.1, -0.05) is 24.3 Å². The van der Waals surface area contributed by atoms with Crippen molar-refractivity contribution in [2.24, 2.45) is 0 Å². The minimum atomic E-state index is -0.531. The van der Waals surface area contributed by atoms with E-state index < -0.39 is 6.04 Å². The van der Waals surface area contributed by atoms with Gasteiger partial charge in [0.05, 0.1) is 0 Å². The minimum absolute atomic E-state index is 0.0389. The zero-order valence-electron chi connectivity index (χ0n) is 11.6. The van der Waals surface area contributed by atoms with Crippen LogP contribution in [0.3, 0.4) is 0 Å². The molecular formula is C15H20N2O2S. The van der Waals surface area contributed by atoms with Crippen molar-refractivity contribution in [2.75, 3.05) is 18.8 Å². The molecule has 0 bridgehead atoms. The summed E-state index contributed by atoms with van der Waals surface area (Å²) in [4.78, 5) is 25.4. The normalized spacial score (nSPS) is 16.0. The molecule has 2 rings (SSSR count). The maximum atomic E-state index is 12.4. The maximum Gasteiger partial charge on any atom is 0.246 e. The first-order valence-corrected chi connectivity index (χ1v) is 7.48. The Morgan fingerprint density at radius 1 is 1.25 bits per heavy atom. The van der Waals surface area contributed by atoms with Crippen molar-refractivity contribution >= 4 is 24.4 Å². The summed E-state index contributed by atoms with van der Waals surface area (Å²) in [5, 5.41) is 2.66. The van der Waals surface area contributed by atoms with E-state index in [4.69, 9.17) is 0 Å². The average Bonchev–Trinajstić information content (AvgIpc) is 2.66. The van der Waals surface area contributed by atoms with E-state index in [-0.39, 0.29) is 11.8 Å². The molecule has 108 valence electrons. The molecule has 1 aliphatic rings. The topological polar surface area (TPSA) is 49.4 Å². The molecule has 1 aromatic rings. The quantitative estimate of drug-likeness (QED) is 0.818. The second-order valence-electron chi connectivity index (χ2n) is 5.03. The Hall–Kier alpha value is -1.49. The maximum absolute atomic E-state index is 12.4. The number of amides is 2. The van der Waals surface area contributed by atoms with Gasteiger partial charge >= 0.3 is 0 Å². The first kappa shape index (κ1) is 14.9. The number of benzene rings is 1. The van der Waals surface area contributed by atoms with E-state index in [1.807, 2.05) is 17.0 Å². The van der Waals surface area contributed by atoms with Gasteiger partial charge in [0, 0.05) is 25.8 Å². The predicted octanol–water partition coefficient (Wildman–Crippen LogP) is 1.05. The largest absolute Gasteiger partial charge is 0.344 e. The fraction of sp³-hybridized carbons (Fsp3) is 0.467. The highest BCUT2D eigenvalue weighted by Gasteiger charge is 2.25. The summed E-state index contributed by atoms with van der Waals surface area (Å²) in [7, 11) is 0. The highest BCUT2D eigenvalue weighted by atomic mass is 32.1. The summed E-state index contributed by atoms with van der Waals surface area (Å²) in [6, 6.07) is 7.77. The van der Waals surface area contributed by atoms with Crippen LogP contribution in [0.2, 0.25) is 0 Å². The molecule has 0 fully saturated rings. The average molecular weight is 292 g/mol. The Labute approximate surface area is 124 Å². The van der Waals surface area contributed by atoms with Crippen LogP contribution in [0, 0.1) is 0 Å². The molecule has 1 atom stereocenters. The monoisotopic (exact) mass is 292 g/mol. The molecule has 1 heterocycles. The molecule has 1 unspecified atom stereocenters. The number of thiol groups is 1. The van der Waals surface area contributed by atoms with Gasteiger partial charge in [0.2, 0.25) is 11.8 Å². The highest BCUT2D eigenvalue weighted by molar-refractivity contribution is 7.80. The second kappa shape index (κ2) is 6.79. The summed E-state index contributed by atoms with van der Waals surface area (Å²) >= 11 is 4.16. The number of hydrogen-bond donors (Lipinski definition) is 2. The lowest BCUT2D eigenvalue weighted by molar-refractivity contribution is -0.135. The molecule has 0 spiro atoms. The van der Waals surface area contributed by atoms with E-state index >= 15 is 0 Å². The minimum Gasteiger partial charge on any atom is -0.344 e. The Morgan fingerprint density at radius 2 is 1.80 bits per heavy atom. The van der Waals surface area contributed by atoms with Crippen LogP contribution in [0.25, 0.3) is 0 Å². The third-order valence-electron chi connectivity index (χ3n) is 3.59. The number of nitrogens with zero attached hydrogens (tertiary/aromatic N) is 1. The Balaban J connectivity index is 2.04. The van der Waals surface area contributed by atoms with Crippen molar-refractivity contribution in [1.82, 2.24) is 10.2 Å². The van der Waals surface area contributed by atoms with Crippen LogP contribution < -0.4 is 5.32 Å². The number of nitrogens with one attached hydrogen (secondary N) is 1. The number of hydrogen-bond acceptors (Lipinski definition) is 3. The third-order valence-corrected chi connectivity index (χ3v) is 3.96. The van der Waals surface area contributed by atoms with Gasteiger partial charge in [0.25, 0.3) is 0 Å².